The van der Waals surface area contributed by atoms with Crippen LogP contribution in [0.2, 0.25) is 0 Å². The largest absolute Gasteiger partial charge is 0.374 e. The maximum atomic E-state index is 11.4. The molecule has 3 nitrogen and oxygen atoms in total. The molecule has 0 aromatic heterocycles. The summed E-state index contributed by atoms with van der Waals surface area (Å²) in [6, 6.07) is 0. The molecule has 0 heterocycles. The van der Waals surface area contributed by atoms with Crippen LogP contribution >= 0.6 is 15.9 Å². The number of alkyl halides is 1. The molecule has 0 atom stereocenters. The molecule has 90 valence electrons. The van der Waals surface area contributed by atoms with E-state index in [2.05, 4.69) is 21.2 Å². The molecule has 0 saturated carbocycles. The summed E-state index contributed by atoms with van der Waals surface area (Å²) in [6.07, 6.45) is 2.59. The summed E-state index contributed by atoms with van der Waals surface area (Å²) in [4.78, 5) is 11.4. The molecule has 0 aromatic rings. The van der Waals surface area contributed by atoms with Crippen molar-refractivity contribution in [3.63, 3.8) is 0 Å². The monoisotopic (exact) mass is 279 g/mol. The van der Waals surface area contributed by atoms with Gasteiger partial charge in [0.25, 0.3) is 0 Å². The topological polar surface area (TPSA) is 38.3 Å². The van der Waals surface area contributed by atoms with Gasteiger partial charge in [-0.25, -0.2) is 0 Å². The minimum Gasteiger partial charge on any atom is -0.374 e. The van der Waals surface area contributed by atoms with Crippen LogP contribution in [0.25, 0.3) is 0 Å². The number of unbranched alkanes of at least 4 members (excludes halogenated alkanes) is 1. The number of nitrogens with one attached hydrogen (secondary N) is 1. The van der Waals surface area contributed by atoms with Crippen molar-refractivity contribution in [1.29, 1.82) is 0 Å². The molecule has 0 aliphatic carbocycles. The lowest BCUT2D eigenvalue weighted by Gasteiger charge is -2.24. The van der Waals surface area contributed by atoms with E-state index in [0.717, 1.165) is 18.2 Å². The molecule has 1 amide bonds. The van der Waals surface area contributed by atoms with Crippen molar-refractivity contribution >= 4 is 21.8 Å². The van der Waals surface area contributed by atoms with Crippen molar-refractivity contribution in [2.75, 3.05) is 18.5 Å². The third kappa shape index (κ3) is 8.88. The Morgan fingerprint density at radius 1 is 1.40 bits per heavy atom. The highest BCUT2D eigenvalue weighted by Gasteiger charge is 2.18. The van der Waals surface area contributed by atoms with Crippen LogP contribution in [0.1, 0.15) is 40.0 Å². The van der Waals surface area contributed by atoms with Gasteiger partial charge in [-0.2, -0.15) is 0 Å². The Bertz CT molecular complexity index is 183. The van der Waals surface area contributed by atoms with Gasteiger partial charge in [-0.1, -0.05) is 15.9 Å². The van der Waals surface area contributed by atoms with Crippen LogP contribution in [0.5, 0.6) is 0 Å². The Morgan fingerprint density at radius 2 is 2.07 bits per heavy atom. The second-order valence-electron chi connectivity index (χ2n) is 4.12. The molecule has 0 saturated heterocycles. The van der Waals surface area contributed by atoms with E-state index < -0.39 is 0 Å². The fraction of sp³-hybridized carbons (Fsp3) is 0.909. The first-order valence-electron chi connectivity index (χ1n) is 5.48. The third-order valence-electron chi connectivity index (χ3n) is 2.03. The van der Waals surface area contributed by atoms with E-state index >= 15 is 0 Å². The van der Waals surface area contributed by atoms with Crippen molar-refractivity contribution < 1.29 is 9.53 Å². The maximum absolute atomic E-state index is 11.4. The molecule has 0 aliphatic rings. The molecule has 4 heteroatoms. The highest BCUT2D eigenvalue weighted by Crippen LogP contribution is 2.07. The molecule has 0 unspecified atom stereocenters. The number of hydrogen-bond acceptors (Lipinski definition) is 2. The number of carbonyl (C=O) groups is 1. The highest BCUT2D eigenvalue weighted by atomic mass is 79.9. The maximum Gasteiger partial charge on any atom is 0.220 e. The van der Waals surface area contributed by atoms with E-state index in [1.54, 1.807) is 0 Å². The molecule has 0 rings (SSSR count). The first-order valence-corrected chi connectivity index (χ1v) is 6.60. The lowest BCUT2D eigenvalue weighted by molar-refractivity contribution is -0.122. The molecule has 0 fully saturated rings. The Labute approximate surface area is 101 Å². The number of ether oxygens (including phenoxy) is 1. The molecule has 0 aromatic carbocycles. The van der Waals surface area contributed by atoms with Gasteiger partial charge in [-0.3, -0.25) is 4.79 Å². The Hall–Kier alpha value is -0.0900. The molecule has 0 bridgehead atoms. The Morgan fingerprint density at radius 3 is 2.60 bits per heavy atom. The smallest absolute Gasteiger partial charge is 0.220 e. The summed E-state index contributed by atoms with van der Waals surface area (Å²) in [6.45, 7) is 7.17. The van der Waals surface area contributed by atoms with Gasteiger partial charge in [0.05, 0.1) is 5.60 Å². The van der Waals surface area contributed by atoms with Crippen molar-refractivity contribution in [1.82, 2.24) is 5.32 Å². The molecule has 1 N–H and O–H groups in total. The Kier molecular flexibility index (Phi) is 8.06. The minimum absolute atomic E-state index is 0.115. The highest BCUT2D eigenvalue weighted by molar-refractivity contribution is 9.09. The first-order chi connectivity index (χ1) is 7.02. The van der Waals surface area contributed by atoms with Crippen LogP contribution in [0, 0.1) is 0 Å². The van der Waals surface area contributed by atoms with Gasteiger partial charge < -0.3 is 10.1 Å². The van der Waals surface area contributed by atoms with Crippen LogP contribution in [0.15, 0.2) is 0 Å². The van der Waals surface area contributed by atoms with Gasteiger partial charge in [0.15, 0.2) is 0 Å². The van der Waals surface area contributed by atoms with Crippen molar-refractivity contribution in [2.45, 2.75) is 45.6 Å². The molecule has 15 heavy (non-hydrogen) atoms. The zero-order valence-corrected chi connectivity index (χ0v) is 11.5. The predicted octanol–water partition coefficient (Wildman–Crippen LogP) is 2.48. The first kappa shape index (κ1) is 14.9. The van der Waals surface area contributed by atoms with Gasteiger partial charge >= 0.3 is 0 Å². The number of carbonyl (C=O) groups excluding carboxylic acids is 1. The molecule has 0 spiro atoms. The van der Waals surface area contributed by atoms with Crippen LogP contribution in [-0.4, -0.2) is 30.0 Å². The van der Waals surface area contributed by atoms with Gasteiger partial charge in [0, 0.05) is 24.9 Å². The summed E-state index contributed by atoms with van der Waals surface area (Å²) < 4.78 is 5.48. The Balaban J connectivity index is 3.60. The third-order valence-corrected chi connectivity index (χ3v) is 2.59. The average molecular weight is 280 g/mol. The fourth-order valence-corrected chi connectivity index (χ4v) is 1.62. The number of halogens is 1. The average Bonchev–Trinajstić information content (AvgIpc) is 2.15. The van der Waals surface area contributed by atoms with Crippen LogP contribution in [0.3, 0.4) is 0 Å². The van der Waals surface area contributed by atoms with Crippen molar-refractivity contribution in [2.24, 2.45) is 0 Å². The van der Waals surface area contributed by atoms with Crippen molar-refractivity contribution in [3.8, 4) is 0 Å². The minimum atomic E-state index is -0.264. The zero-order valence-electron chi connectivity index (χ0n) is 9.94. The van der Waals surface area contributed by atoms with Crippen LogP contribution in [-0.2, 0) is 9.53 Å². The summed E-state index contributed by atoms with van der Waals surface area (Å²) >= 11 is 3.34. The fourth-order valence-electron chi connectivity index (χ4n) is 1.22. The van der Waals surface area contributed by atoms with E-state index in [9.17, 15) is 4.79 Å². The van der Waals surface area contributed by atoms with Gasteiger partial charge in [-0.05, 0) is 33.6 Å². The lowest BCUT2D eigenvalue weighted by atomic mass is 10.1. The molecular formula is C11H22BrNO2. The quantitative estimate of drug-likeness (QED) is 0.548. The van der Waals surface area contributed by atoms with E-state index in [-0.39, 0.29) is 11.5 Å². The van der Waals surface area contributed by atoms with E-state index in [1.165, 1.54) is 0 Å². The molecule has 0 radical (unpaired) electrons. The van der Waals surface area contributed by atoms with Crippen molar-refractivity contribution in [3.05, 3.63) is 0 Å². The standard InChI is InChI=1S/C11H22BrNO2/c1-4-15-11(2,3)9-13-10(14)7-5-6-8-12/h4-9H2,1-3H3,(H,13,14). The van der Waals surface area contributed by atoms with Crippen LogP contribution in [0.4, 0.5) is 0 Å². The second kappa shape index (κ2) is 8.11. The van der Waals surface area contributed by atoms with Gasteiger partial charge in [0.2, 0.25) is 5.91 Å². The number of hydrogen-bond donors (Lipinski definition) is 1. The summed E-state index contributed by atoms with van der Waals surface area (Å²) in [5.41, 5.74) is -0.264. The van der Waals surface area contributed by atoms with E-state index in [4.69, 9.17) is 4.74 Å². The zero-order chi connectivity index (χ0) is 11.7. The van der Waals surface area contributed by atoms with Gasteiger partial charge in [-0.15, -0.1) is 0 Å². The summed E-state index contributed by atoms with van der Waals surface area (Å²) in [7, 11) is 0. The predicted molar refractivity (Wildman–Crippen MR) is 66.4 cm³/mol. The summed E-state index contributed by atoms with van der Waals surface area (Å²) in [5, 5.41) is 3.85. The van der Waals surface area contributed by atoms with Crippen LogP contribution < -0.4 is 5.32 Å². The molecular weight excluding hydrogens is 258 g/mol. The molecule has 0 aliphatic heterocycles. The number of amides is 1. The van der Waals surface area contributed by atoms with E-state index in [1.807, 2.05) is 20.8 Å². The van der Waals surface area contributed by atoms with E-state index in [0.29, 0.717) is 19.6 Å². The normalized spacial score (nSPS) is 11.5. The number of rotatable bonds is 8. The summed E-state index contributed by atoms with van der Waals surface area (Å²) in [5.74, 6) is 0.115. The lowest BCUT2D eigenvalue weighted by Crippen LogP contribution is -2.40. The SMILES string of the molecule is CCOC(C)(C)CNC(=O)CCCCBr. The van der Waals surface area contributed by atoms with Gasteiger partial charge in [0.1, 0.15) is 0 Å². The second-order valence-corrected chi connectivity index (χ2v) is 4.91.